The molecule has 0 unspecified atom stereocenters. The van der Waals surface area contributed by atoms with Gasteiger partial charge in [-0.1, -0.05) is 6.92 Å². The third-order valence-corrected chi connectivity index (χ3v) is 6.22. The van der Waals surface area contributed by atoms with Gasteiger partial charge in [-0.3, -0.25) is 20.4 Å². The minimum absolute atomic E-state index is 0.0348. The molecule has 9 nitrogen and oxygen atoms in total. The summed E-state index contributed by atoms with van der Waals surface area (Å²) < 4.78 is 0. The molecule has 166 valence electrons. The number of piperidine rings is 1. The smallest absolute Gasteiger partial charge is 0.256 e. The van der Waals surface area contributed by atoms with Gasteiger partial charge in [0.1, 0.15) is 6.04 Å². The average Bonchev–Trinajstić information content (AvgIpc) is 2.71. The number of amides is 2. The van der Waals surface area contributed by atoms with Gasteiger partial charge in [0, 0.05) is 25.6 Å². The maximum Gasteiger partial charge on any atom is 0.256 e. The zero-order chi connectivity index (χ0) is 21.2. The Bertz CT molecular complexity index is 541. The third-order valence-electron chi connectivity index (χ3n) is 6.22. The number of carbonyl (C=O) groups excluding carboxylic acids is 2. The van der Waals surface area contributed by atoms with Crippen LogP contribution in [-0.4, -0.2) is 55.0 Å². The Hall–Kier alpha value is -1.87. The summed E-state index contributed by atoms with van der Waals surface area (Å²) in [6.07, 6.45) is 6.86. The number of hydrazine groups is 1. The van der Waals surface area contributed by atoms with Gasteiger partial charge in [-0.2, -0.15) is 0 Å². The molecule has 9 heteroatoms. The van der Waals surface area contributed by atoms with Crippen molar-refractivity contribution in [2.24, 2.45) is 29.2 Å². The minimum Gasteiger partial charge on any atom is -0.370 e. The van der Waals surface area contributed by atoms with Crippen molar-refractivity contribution in [2.75, 3.05) is 26.2 Å². The van der Waals surface area contributed by atoms with Gasteiger partial charge in [-0.05, 0) is 69.7 Å². The predicted molar refractivity (Wildman–Crippen MR) is 114 cm³/mol. The lowest BCUT2D eigenvalue weighted by Crippen LogP contribution is -2.55. The Morgan fingerprint density at radius 1 is 1.14 bits per heavy atom. The van der Waals surface area contributed by atoms with Gasteiger partial charge in [0.2, 0.25) is 5.91 Å². The van der Waals surface area contributed by atoms with Gasteiger partial charge >= 0.3 is 0 Å². The second-order valence-corrected chi connectivity index (χ2v) is 8.64. The van der Waals surface area contributed by atoms with Crippen molar-refractivity contribution in [1.29, 1.82) is 5.41 Å². The van der Waals surface area contributed by atoms with E-state index in [4.69, 9.17) is 16.9 Å². The number of guanidine groups is 1. The molecule has 0 bridgehead atoms. The van der Waals surface area contributed by atoms with Crippen LogP contribution in [0.1, 0.15) is 58.3 Å². The van der Waals surface area contributed by atoms with Crippen molar-refractivity contribution < 1.29 is 9.59 Å². The van der Waals surface area contributed by atoms with Crippen molar-refractivity contribution in [3.8, 4) is 0 Å². The minimum atomic E-state index is -0.581. The fraction of sp³-hybridized carbons (Fsp3) is 0.850. The summed E-state index contributed by atoms with van der Waals surface area (Å²) in [5, 5.41) is 14.9. The van der Waals surface area contributed by atoms with E-state index in [0.29, 0.717) is 37.8 Å². The lowest BCUT2D eigenvalue weighted by molar-refractivity contribution is -0.134. The summed E-state index contributed by atoms with van der Waals surface area (Å²) in [7, 11) is 0. The Balaban J connectivity index is 1.88. The highest BCUT2D eigenvalue weighted by Gasteiger charge is 2.30. The first kappa shape index (κ1) is 23.4. The maximum absolute atomic E-state index is 12.9. The van der Waals surface area contributed by atoms with Gasteiger partial charge < -0.3 is 22.1 Å². The molecule has 1 aliphatic carbocycles. The molecule has 0 spiro atoms. The number of rotatable bonds is 9. The van der Waals surface area contributed by atoms with Gasteiger partial charge in [0.05, 0.1) is 0 Å². The molecule has 2 rings (SSSR count). The van der Waals surface area contributed by atoms with E-state index < -0.39 is 6.04 Å². The molecule has 0 aromatic rings. The fourth-order valence-corrected chi connectivity index (χ4v) is 4.10. The van der Waals surface area contributed by atoms with Gasteiger partial charge in [0.15, 0.2) is 5.96 Å². The summed E-state index contributed by atoms with van der Waals surface area (Å²) in [5.74, 6) is 0.865. The van der Waals surface area contributed by atoms with Crippen molar-refractivity contribution in [2.45, 2.75) is 64.3 Å². The Kier molecular flexibility index (Phi) is 9.66. The molecule has 8 N–H and O–H groups in total. The van der Waals surface area contributed by atoms with Crippen molar-refractivity contribution in [1.82, 2.24) is 21.1 Å². The Morgan fingerprint density at radius 3 is 2.38 bits per heavy atom. The quantitative estimate of drug-likeness (QED) is 0.183. The Morgan fingerprint density at radius 2 is 1.79 bits per heavy atom. The third kappa shape index (κ3) is 8.18. The van der Waals surface area contributed by atoms with Crippen molar-refractivity contribution >= 4 is 17.8 Å². The number of nitrogens with one attached hydrogen (secondary N) is 4. The van der Waals surface area contributed by atoms with Crippen LogP contribution in [0.25, 0.3) is 0 Å². The molecule has 0 aromatic heterocycles. The zero-order valence-corrected chi connectivity index (χ0v) is 17.7. The Labute approximate surface area is 174 Å². The first-order valence-electron chi connectivity index (χ1n) is 11.0. The highest BCUT2D eigenvalue weighted by molar-refractivity contribution is 5.88. The number of hydrogen-bond acceptors (Lipinski definition) is 5. The molecule has 0 aromatic carbocycles. The van der Waals surface area contributed by atoms with Crippen molar-refractivity contribution in [3.63, 3.8) is 0 Å². The van der Waals surface area contributed by atoms with Crippen LogP contribution in [0.15, 0.2) is 0 Å². The molecule has 1 aliphatic heterocycles. The summed E-state index contributed by atoms with van der Waals surface area (Å²) >= 11 is 0. The topological polar surface area (TPSA) is 149 Å². The lowest BCUT2D eigenvalue weighted by Gasteiger charge is -2.32. The van der Waals surface area contributed by atoms with Crippen LogP contribution in [-0.2, 0) is 9.59 Å². The second-order valence-electron chi connectivity index (χ2n) is 8.64. The largest absolute Gasteiger partial charge is 0.370 e. The van der Waals surface area contributed by atoms with E-state index in [1.807, 2.05) is 5.01 Å². The van der Waals surface area contributed by atoms with Gasteiger partial charge in [0.25, 0.3) is 5.91 Å². The van der Waals surface area contributed by atoms with E-state index in [0.717, 1.165) is 51.6 Å². The molecular weight excluding hydrogens is 370 g/mol. The highest BCUT2D eigenvalue weighted by atomic mass is 16.2. The van der Waals surface area contributed by atoms with E-state index in [9.17, 15) is 9.59 Å². The molecule has 1 atom stereocenters. The second kappa shape index (κ2) is 12.0. The molecule has 1 saturated heterocycles. The summed E-state index contributed by atoms with van der Waals surface area (Å²) in [6, 6.07) is -0.581. The van der Waals surface area contributed by atoms with E-state index in [1.54, 1.807) is 0 Å². The van der Waals surface area contributed by atoms with Crippen LogP contribution in [0.5, 0.6) is 0 Å². The molecule has 0 radical (unpaired) electrons. The van der Waals surface area contributed by atoms with Crippen LogP contribution < -0.4 is 27.5 Å². The molecule has 2 aliphatic rings. The average molecular weight is 410 g/mol. The molecular formula is C20H39N7O2. The normalized spacial score (nSPS) is 24.5. The van der Waals surface area contributed by atoms with Gasteiger partial charge in [-0.15, -0.1) is 0 Å². The number of nitrogens with zero attached hydrogens (tertiary/aromatic N) is 1. The van der Waals surface area contributed by atoms with E-state index in [-0.39, 0.29) is 23.7 Å². The molecule has 1 heterocycles. The van der Waals surface area contributed by atoms with Crippen LogP contribution in [0, 0.1) is 23.2 Å². The number of hydrogen-bond donors (Lipinski definition) is 6. The monoisotopic (exact) mass is 409 g/mol. The first-order chi connectivity index (χ1) is 13.9. The molecule has 2 amide bonds. The highest BCUT2D eigenvalue weighted by Crippen LogP contribution is 2.28. The summed E-state index contributed by atoms with van der Waals surface area (Å²) in [6.45, 7) is 5.07. The zero-order valence-electron chi connectivity index (χ0n) is 17.7. The van der Waals surface area contributed by atoms with Crippen LogP contribution >= 0.6 is 0 Å². The number of carbonyl (C=O) groups is 2. The number of nitrogens with two attached hydrogens (primary N) is 2. The van der Waals surface area contributed by atoms with E-state index in [1.165, 1.54) is 0 Å². The lowest BCUT2D eigenvalue weighted by atomic mass is 9.81. The maximum atomic E-state index is 12.9. The van der Waals surface area contributed by atoms with Crippen LogP contribution in [0.3, 0.4) is 0 Å². The molecule has 1 saturated carbocycles. The van der Waals surface area contributed by atoms with Crippen LogP contribution in [0.4, 0.5) is 0 Å². The first-order valence-corrected chi connectivity index (χ1v) is 11.0. The molecule has 29 heavy (non-hydrogen) atoms. The predicted octanol–water partition coefficient (Wildman–Crippen LogP) is 0.263. The van der Waals surface area contributed by atoms with Gasteiger partial charge in [-0.25, -0.2) is 5.01 Å². The molecule has 2 fully saturated rings. The van der Waals surface area contributed by atoms with E-state index in [2.05, 4.69) is 23.0 Å². The van der Waals surface area contributed by atoms with Crippen molar-refractivity contribution in [3.05, 3.63) is 0 Å². The fourth-order valence-electron chi connectivity index (χ4n) is 4.10. The SMILES string of the molecule is CC1CCN(NC(=O)[C@H](CCCNC(=N)N)NC(=O)[C@H]2CC[C@H](CN)CC2)CC1. The summed E-state index contributed by atoms with van der Waals surface area (Å²) in [4.78, 5) is 25.6. The summed E-state index contributed by atoms with van der Waals surface area (Å²) in [5.41, 5.74) is 14.0. The van der Waals surface area contributed by atoms with Crippen LogP contribution in [0.2, 0.25) is 0 Å². The van der Waals surface area contributed by atoms with E-state index >= 15 is 0 Å². The standard InChI is InChI=1S/C20H39N7O2/c1-14-8-11-27(12-9-14)26-19(29)17(3-2-10-24-20(22)23)25-18(28)16-6-4-15(13-21)5-7-16/h14-17H,2-13,21H2,1H3,(H,25,28)(H,26,29)(H4,22,23,24)/t15-,16-,17-/m0/s1.